The fourth-order valence-corrected chi connectivity index (χ4v) is 2.47. The SMILES string of the molecule is COc1ccc2cc([C@H](C)C(=O)OCCCCO[N+](=O)OC)ccc2c1. The minimum absolute atomic E-state index is 0.0450. The van der Waals surface area contributed by atoms with Gasteiger partial charge in [-0.1, -0.05) is 24.3 Å². The van der Waals surface area contributed by atoms with Crippen molar-refractivity contribution in [3.63, 3.8) is 0 Å². The van der Waals surface area contributed by atoms with Crippen molar-refractivity contribution >= 4 is 16.7 Å². The molecule has 0 fully saturated rings. The molecule has 2 rings (SSSR count). The van der Waals surface area contributed by atoms with E-state index in [-0.39, 0.29) is 30.2 Å². The second-order valence-corrected chi connectivity index (χ2v) is 5.81. The van der Waals surface area contributed by atoms with E-state index in [2.05, 4.69) is 9.68 Å². The van der Waals surface area contributed by atoms with Gasteiger partial charge in [-0.2, -0.15) is 9.68 Å². The van der Waals surface area contributed by atoms with E-state index in [0.29, 0.717) is 12.8 Å². The lowest BCUT2D eigenvalue weighted by Gasteiger charge is -2.13. The molecule has 2 aromatic carbocycles. The quantitative estimate of drug-likeness (QED) is 0.366. The Morgan fingerprint density at radius 3 is 2.46 bits per heavy atom. The van der Waals surface area contributed by atoms with Crippen molar-refractivity contribution in [3.05, 3.63) is 46.9 Å². The van der Waals surface area contributed by atoms with Crippen molar-refractivity contribution in [1.82, 2.24) is 0 Å². The predicted molar refractivity (Wildman–Crippen MR) is 95.7 cm³/mol. The highest BCUT2D eigenvalue weighted by molar-refractivity contribution is 5.86. The molecule has 0 heterocycles. The Balaban J connectivity index is 1.84. The van der Waals surface area contributed by atoms with Gasteiger partial charge in [-0.3, -0.25) is 4.79 Å². The van der Waals surface area contributed by atoms with Crippen LogP contribution >= 0.6 is 0 Å². The van der Waals surface area contributed by atoms with Crippen LogP contribution < -0.4 is 4.74 Å². The zero-order valence-electron chi connectivity index (χ0n) is 15.3. The van der Waals surface area contributed by atoms with Gasteiger partial charge in [-0.15, -0.1) is 0 Å². The predicted octanol–water partition coefficient (Wildman–Crippen LogP) is 3.55. The second kappa shape index (κ2) is 9.60. The Kier molecular flexibility index (Phi) is 7.20. The van der Waals surface area contributed by atoms with Gasteiger partial charge in [-0.05, 0) is 48.2 Å². The second-order valence-electron chi connectivity index (χ2n) is 5.81. The summed E-state index contributed by atoms with van der Waals surface area (Å²) in [6.07, 6.45) is 1.19. The van der Waals surface area contributed by atoms with Crippen LogP contribution in [0.3, 0.4) is 0 Å². The molecule has 140 valence electrons. The molecular formula is C19H24NO6+. The van der Waals surface area contributed by atoms with Crippen LogP contribution in [0.4, 0.5) is 0 Å². The summed E-state index contributed by atoms with van der Waals surface area (Å²) in [6, 6.07) is 11.7. The third-order valence-corrected chi connectivity index (χ3v) is 4.05. The van der Waals surface area contributed by atoms with E-state index >= 15 is 0 Å². The topological polar surface area (TPSA) is 74.1 Å². The number of fused-ring (bicyclic) bond motifs is 1. The molecule has 26 heavy (non-hydrogen) atoms. The highest BCUT2D eigenvalue weighted by Crippen LogP contribution is 2.25. The molecule has 0 aromatic heterocycles. The molecule has 1 atom stereocenters. The van der Waals surface area contributed by atoms with Crippen LogP contribution in [0.25, 0.3) is 10.8 Å². The number of rotatable bonds is 10. The average Bonchev–Trinajstić information content (AvgIpc) is 2.68. The first-order valence-corrected chi connectivity index (χ1v) is 8.43. The van der Waals surface area contributed by atoms with Crippen LogP contribution in [0.15, 0.2) is 36.4 Å². The number of esters is 1. The van der Waals surface area contributed by atoms with Crippen LogP contribution in [0.5, 0.6) is 5.75 Å². The Labute approximate surface area is 152 Å². The van der Waals surface area contributed by atoms with Gasteiger partial charge in [0.1, 0.15) is 10.7 Å². The molecule has 0 saturated carbocycles. The molecule has 0 aliphatic carbocycles. The molecule has 0 aliphatic heterocycles. The molecular weight excluding hydrogens is 338 g/mol. The number of carbonyl (C=O) groups excluding carboxylic acids is 1. The van der Waals surface area contributed by atoms with E-state index in [1.54, 1.807) is 7.11 Å². The zero-order valence-corrected chi connectivity index (χ0v) is 15.3. The summed E-state index contributed by atoms with van der Waals surface area (Å²) in [5.74, 6) is 0.164. The van der Waals surface area contributed by atoms with E-state index in [1.165, 1.54) is 7.11 Å². The number of benzene rings is 2. The van der Waals surface area contributed by atoms with Crippen molar-refractivity contribution in [2.75, 3.05) is 27.4 Å². The zero-order chi connectivity index (χ0) is 18.9. The Bertz CT molecular complexity index is 761. The van der Waals surface area contributed by atoms with Gasteiger partial charge in [0.25, 0.3) is 0 Å². The lowest BCUT2D eigenvalue weighted by molar-refractivity contribution is -0.977. The minimum atomic E-state index is -0.358. The third-order valence-electron chi connectivity index (χ3n) is 4.05. The Morgan fingerprint density at radius 2 is 1.73 bits per heavy atom. The van der Waals surface area contributed by atoms with Gasteiger partial charge in [0.15, 0.2) is 13.7 Å². The molecule has 0 saturated heterocycles. The molecule has 0 radical (unpaired) electrons. The van der Waals surface area contributed by atoms with Crippen LogP contribution in [0.1, 0.15) is 31.2 Å². The van der Waals surface area contributed by atoms with Gasteiger partial charge in [-0.25, -0.2) is 0 Å². The van der Waals surface area contributed by atoms with E-state index < -0.39 is 0 Å². The molecule has 0 aliphatic rings. The van der Waals surface area contributed by atoms with Crippen molar-refractivity contribution in [2.45, 2.75) is 25.7 Å². The number of methoxy groups -OCH3 is 1. The number of unbranched alkanes of at least 4 members (excludes halogenated alkanes) is 1. The summed E-state index contributed by atoms with van der Waals surface area (Å²) in [4.78, 5) is 31.9. The summed E-state index contributed by atoms with van der Waals surface area (Å²) in [7, 11) is 2.85. The van der Waals surface area contributed by atoms with Gasteiger partial charge >= 0.3 is 11.1 Å². The van der Waals surface area contributed by atoms with E-state index in [9.17, 15) is 9.70 Å². The normalized spacial score (nSPS) is 11.7. The maximum atomic E-state index is 12.2. The van der Waals surface area contributed by atoms with E-state index in [4.69, 9.17) is 9.47 Å². The summed E-state index contributed by atoms with van der Waals surface area (Å²) >= 11 is 0. The largest absolute Gasteiger partial charge is 0.497 e. The molecule has 7 nitrogen and oxygen atoms in total. The Hall–Kier alpha value is -2.83. The van der Waals surface area contributed by atoms with Crippen molar-refractivity contribution < 1.29 is 29.0 Å². The lowest BCUT2D eigenvalue weighted by Crippen LogP contribution is -2.14. The molecule has 2 aromatic rings. The summed E-state index contributed by atoms with van der Waals surface area (Å²) in [5.41, 5.74) is 0.901. The first-order valence-electron chi connectivity index (χ1n) is 8.43. The summed E-state index contributed by atoms with van der Waals surface area (Å²) in [5, 5.41) is 2.14. The van der Waals surface area contributed by atoms with Crippen molar-refractivity contribution in [3.8, 4) is 5.75 Å². The van der Waals surface area contributed by atoms with Gasteiger partial charge in [0.05, 0.1) is 19.6 Å². The van der Waals surface area contributed by atoms with Crippen LogP contribution in [-0.2, 0) is 19.2 Å². The fraction of sp³-hybridized carbons (Fsp3) is 0.421. The number of carbonyl (C=O) groups is 1. The lowest BCUT2D eigenvalue weighted by atomic mass is 9.98. The van der Waals surface area contributed by atoms with Gasteiger partial charge in [0, 0.05) is 0 Å². The molecule has 7 heteroatoms. The summed E-state index contributed by atoms with van der Waals surface area (Å²) < 4.78 is 10.5. The monoisotopic (exact) mass is 362 g/mol. The number of hydrogen-bond donors (Lipinski definition) is 0. The highest BCUT2D eigenvalue weighted by atomic mass is 17.0. The van der Waals surface area contributed by atoms with Crippen LogP contribution in [0, 0.1) is 4.91 Å². The van der Waals surface area contributed by atoms with Crippen molar-refractivity contribution in [2.24, 2.45) is 0 Å². The van der Waals surface area contributed by atoms with Crippen LogP contribution in [-0.4, -0.2) is 38.5 Å². The third kappa shape index (κ3) is 5.34. The van der Waals surface area contributed by atoms with Gasteiger partial charge < -0.3 is 9.47 Å². The maximum Gasteiger partial charge on any atom is 0.477 e. The fourth-order valence-electron chi connectivity index (χ4n) is 2.47. The molecule has 0 N–H and O–H groups in total. The first kappa shape index (κ1) is 19.5. The average molecular weight is 362 g/mol. The summed E-state index contributed by atoms with van der Waals surface area (Å²) in [6.45, 7) is 2.31. The van der Waals surface area contributed by atoms with E-state index in [0.717, 1.165) is 22.1 Å². The number of ether oxygens (including phenoxy) is 2. The minimum Gasteiger partial charge on any atom is -0.497 e. The maximum absolute atomic E-state index is 12.2. The van der Waals surface area contributed by atoms with Crippen LogP contribution in [0.2, 0.25) is 0 Å². The molecule has 0 bridgehead atoms. The van der Waals surface area contributed by atoms with Crippen molar-refractivity contribution in [1.29, 1.82) is 0 Å². The number of hydrogen-bond acceptors (Lipinski definition) is 6. The highest BCUT2D eigenvalue weighted by Gasteiger charge is 2.17. The molecule has 0 spiro atoms. The molecule has 0 amide bonds. The first-order chi connectivity index (χ1) is 12.5. The smallest absolute Gasteiger partial charge is 0.477 e. The number of nitrogens with zero attached hydrogens (tertiary/aromatic N) is 1. The Morgan fingerprint density at radius 1 is 1.04 bits per heavy atom. The standard InChI is InChI=1S/C19H24NO6/c1-14(19(21)25-10-4-5-11-26-20(22)24-3)15-6-7-17-13-18(23-2)9-8-16(17)12-15/h6-9,12-14H,4-5,10-11H2,1-3H3/q+1/t14-/m0/s1. The van der Waals surface area contributed by atoms with E-state index in [1.807, 2.05) is 43.3 Å². The molecule has 0 unspecified atom stereocenters. The van der Waals surface area contributed by atoms with Gasteiger partial charge in [0.2, 0.25) is 0 Å².